The summed E-state index contributed by atoms with van der Waals surface area (Å²) in [5.74, 6) is 0.999. The molecule has 29 heavy (non-hydrogen) atoms. The second-order valence-corrected chi connectivity index (χ2v) is 7.50. The monoisotopic (exact) mass is 396 g/mol. The number of anilines is 1. The minimum atomic E-state index is -0.332. The Bertz CT molecular complexity index is 1110. The van der Waals surface area contributed by atoms with Crippen LogP contribution in [0.1, 0.15) is 12.8 Å². The van der Waals surface area contributed by atoms with Crippen molar-refractivity contribution in [2.45, 2.75) is 19.5 Å². The number of rotatable bonds is 4. The van der Waals surface area contributed by atoms with Gasteiger partial charge >= 0.3 is 5.76 Å². The molecule has 0 spiro atoms. The van der Waals surface area contributed by atoms with Gasteiger partial charge in [0.2, 0.25) is 12.7 Å². The molecule has 0 atom stereocenters. The zero-order valence-corrected chi connectivity index (χ0v) is 15.8. The summed E-state index contributed by atoms with van der Waals surface area (Å²) in [5, 5.41) is 2.98. The average molecular weight is 396 g/mol. The minimum absolute atomic E-state index is 0.0221. The molecule has 2 aromatic carbocycles. The first-order valence-electron chi connectivity index (χ1n) is 9.80. The Hall–Kier alpha value is -3.26. The van der Waals surface area contributed by atoms with E-state index in [-0.39, 0.29) is 24.4 Å². The van der Waals surface area contributed by atoms with Gasteiger partial charge < -0.3 is 24.1 Å². The quantitative estimate of drug-likeness (QED) is 0.692. The molecule has 150 valence electrons. The molecular weight excluding hydrogens is 374 g/mol. The number of piperidine rings is 1. The van der Waals surface area contributed by atoms with Gasteiger partial charge in [0.05, 0.1) is 18.6 Å². The summed E-state index contributed by atoms with van der Waals surface area (Å²) in [5.41, 5.74) is 2.13. The molecule has 3 heterocycles. The van der Waals surface area contributed by atoms with Gasteiger partial charge in [-0.25, -0.2) is 9.36 Å². The van der Waals surface area contributed by atoms with Crippen LogP contribution < -0.4 is 25.4 Å². The van der Waals surface area contributed by atoms with Crippen LogP contribution in [0, 0.1) is 5.92 Å². The van der Waals surface area contributed by atoms with Crippen molar-refractivity contribution in [1.29, 1.82) is 0 Å². The first-order valence-corrected chi connectivity index (χ1v) is 9.80. The standard InChI is InChI=1S/C21H21N3O5/c25-20(22-15-5-6-18-19(11-15)28-13-27-18)14-7-9-23(10-8-14)12-24-16-3-1-2-4-17(16)29-21(24)26/h1-6,11,14H,7-10,12-13H2,(H,22,25)/p+1. The molecule has 0 radical (unpaired) electrons. The first-order chi connectivity index (χ1) is 14.2. The molecule has 2 aliphatic heterocycles. The number of quaternary nitrogens is 1. The van der Waals surface area contributed by atoms with Gasteiger partial charge in [0, 0.05) is 30.5 Å². The Kier molecular flexibility index (Phi) is 4.48. The molecule has 8 heteroatoms. The van der Waals surface area contributed by atoms with Gasteiger partial charge in [-0.3, -0.25) is 4.79 Å². The predicted octanol–water partition coefficient (Wildman–Crippen LogP) is 1.21. The Morgan fingerprint density at radius 1 is 1.10 bits per heavy atom. The van der Waals surface area contributed by atoms with Crippen LogP contribution in [0.2, 0.25) is 0 Å². The van der Waals surface area contributed by atoms with Crippen LogP contribution in [-0.4, -0.2) is 30.4 Å². The number of para-hydroxylation sites is 2. The summed E-state index contributed by atoms with van der Waals surface area (Å²) in [6, 6.07) is 12.9. The van der Waals surface area contributed by atoms with Crippen LogP contribution in [-0.2, 0) is 11.5 Å². The second-order valence-electron chi connectivity index (χ2n) is 7.50. The van der Waals surface area contributed by atoms with Gasteiger partial charge in [-0.2, -0.15) is 0 Å². The topological polar surface area (TPSA) is 87.1 Å². The van der Waals surface area contributed by atoms with Crippen molar-refractivity contribution in [1.82, 2.24) is 4.57 Å². The van der Waals surface area contributed by atoms with Crippen LogP contribution in [0.5, 0.6) is 11.5 Å². The van der Waals surface area contributed by atoms with E-state index in [1.807, 2.05) is 24.3 Å². The number of hydrogen-bond acceptors (Lipinski definition) is 5. The highest BCUT2D eigenvalue weighted by Gasteiger charge is 2.28. The fraction of sp³-hybridized carbons (Fsp3) is 0.333. The minimum Gasteiger partial charge on any atom is -0.454 e. The van der Waals surface area contributed by atoms with Crippen LogP contribution in [0.15, 0.2) is 51.7 Å². The summed E-state index contributed by atoms with van der Waals surface area (Å²) >= 11 is 0. The Morgan fingerprint density at radius 2 is 1.90 bits per heavy atom. The second kappa shape index (κ2) is 7.29. The molecule has 0 bridgehead atoms. The Labute approximate surface area is 166 Å². The number of carbonyl (C=O) groups is 1. The Morgan fingerprint density at radius 3 is 2.76 bits per heavy atom. The molecule has 2 aliphatic rings. The molecular formula is C21H22N3O5+. The lowest BCUT2D eigenvalue weighted by Gasteiger charge is -2.28. The van der Waals surface area contributed by atoms with Crippen molar-refractivity contribution in [2.24, 2.45) is 5.92 Å². The third-order valence-corrected chi connectivity index (χ3v) is 5.66. The number of benzene rings is 2. The van der Waals surface area contributed by atoms with Crippen molar-refractivity contribution in [3.63, 3.8) is 0 Å². The van der Waals surface area contributed by atoms with E-state index in [1.54, 1.807) is 22.8 Å². The average Bonchev–Trinajstić information content (AvgIpc) is 3.32. The lowest BCUT2D eigenvalue weighted by Crippen LogP contribution is -3.12. The maximum Gasteiger partial charge on any atom is 0.424 e. The molecule has 3 aromatic rings. The highest BCUT2D eigenvalue weighted by atomic mass is 16.7. The van der Waals surface area contributed by atoms with Crippen molar-refractivity contribution in [3.05, 3.63) is 53.0 Å². The molecule has 1 aromatic heterocycles. The van der Waals surface area contributed by atoms with Crippen LogP contribution in [0.25, 0.3) is 11.1 Å². The molecule has 0 unspecified atom stereocenters. The van der Waals surface area contributed by atoms with Gasteiger partial charge in [0.1, 0.15) is 0 Å². The Balaban J connectivity index is 1.19. The number of likely N-dealkylation sites (tertiary alicyclic amines) is 1. The van der Waals surface area contributed by atoms with E-state index in [0.29, 0.717) is 29.4 Å². The summed E-state index contributed by atoms with van der Waals surface area (Å²) in [6.45, 7) is 2.41. The van der Waals surface area contributed by atoms with E-state index < -0.39 is 0 Å². The van der Waals surface area contributed by atoms with Gasteiger partial charge in [-0.05, 0) is 24.3 Å². The number of oxazole rings is 1. The van der Waals surface area contributed by atoms with Crippen LogP contribution >= 0.6 is 0 Å². The van der Waals surface area contributed by atoms with Gasteiger partial charge in [0.25, 0.3) is 0 Å². The van der Waals surface area contributed by atoms with Crippen molar-refractivity contribution < 1.29 is 23.6 Å². The lowest BCUT2D eigenvalue weighted by molar-refractivity contribution is -0.928. The summed E-state index contributed by atoms with van der Waals surface area (Å²) in [4.78, 5) is 26.1. The van der Waals surface area contributed by atoms with Gasteiger partial charge in [-0.1, -0.05) is 12.1 Å². The number of ether oxygens (including phenoxy) is 2. The number of carbonyl (C=O) groups excluding carboxylic acids is 1. The molecule has 0 saturated carbocycles. The third kappa shape index (κ3) is 3.47. The maximum absolute atomic E-state index is 12.7. The number of hydrogen-bond donors (Lipinski definition) is 2. The number of aromatic nitrogens is 1. The maximum atomic E-state index is 12.7. The molecule has 1 amide bonds. The molecule has 2 N–H and O–H groups in total. The predicted molar refractivity (Wildman–Crippen MR) is 105 cm³/mol. The molecule has 1 saturated heterocycles. The van der Waals surface area contributed by atoms with Gasteiger partial charge in [-0.15, -0.1) is 0 Å². The number of fused-ring (bicyclic) bond motifs is 2. The van der Waals surface area contributed by atoms with E-state index in [9.17, 15) is 9.59 Å². The first kappa shape index (κ1) is 17.8. The summed E-state index contributed by atoms with van der Waals surface area (Å²) in [7, 11) is 0. The van der Waals surface area contributed by atoms with Gasteiger partial charge in [0.15, 0.2) is 23.8 Å². The van der Waals surface area contributed by atoms with E-state index in [2.05, 4.69) is 5.32 Å². The highest BCUT2D eigenvalue weighted by molar-refractivity contribution is 5.93. The fourth-order valence-corrected chi connectivity index (χ4v) is 4.05. The van der Waals surface area contributed by atoms with E-state index in [0.717, 1.165) is 31.4 Å². The SMILES string of the molecule is O=C(Nc1ccc2c(c1)OCO2)C1CC[NH+](Cn2c(=O)oc3ccccc32)CC1. The van der Waals surface area contributed by atoms with E-state index in [1.165, 1.54) is 4.90 Å². The fourth-order valence-electron chi connectivity index (χ4n) is 4.05. The molecule has 5 rings (SSSR count). The summed E-state index contributed by atoms with van der Waals surface area (Å²) < 4.78 is 17.6. The molecule has 8 nitrogen and oxygen atoms in total. The highest BCUT2D eigenvalue weighted by Crippen LogP contribution is 2.34. The zero-order valence-electron chi connectivity index (χ0n) is 15.8. The number of nitrogens with zero attached hydrogens (tertiary/aromatic N) is 1. The van der Waals surface area contributed by atoms with Crippen molar-refractivity contribution >= 4 is 22.7 Å². The molecule has 0 aliphatic carbocycles. The third-order valence-electron chi connectivity index (χ3n) is 5.66. The number of amides is 1. The van der Waals surface area contributed by atoms with E-state index in [4.69, 9.17) is 13.9 Å². The van der Waals surface area contributed by atoms with Crippen molar-refractivity contribution in [2.75, 3.05) is 25.2 Å². The lowest BCUT2D eigenvalue weighted by atomic mass is 9.96. The number of nitrogens with one attached hydrogen (secondary N) is 2. The van der Waals surface area contributed by atoms with Crippen LogP contribution in [0.4, 0.5) is 5.69 Å². The largest absolute Gasteiger partial charge is 0.454 e. The molecule has 1 fully saturated rings. The van der Waals surface area contributed by atoms with E-state index >= 15 is 0 Å². The smallest absolute Gasteiger partial charge is 0.424 e. The normalized spacial score (nSPS) is 20.7. The van der Waals surface area contributed by atoms with Crippen LogP contribution in [0.3, 0.4) is 0 Å². The zero-order chi connectivity index (χ0) is 19.8. The van der Waals surface area contributed by atoms with Crippen molar-refractivity contribution in [3.8, 4) is 11.5 Å². The summed E-state index contributed by atoms with van der Waals surface area (Å²) in [6.07, 6.45) is 1.55.